The minimum Gasteiger partial charge on any atom is -0.325 e. The maximum Gasteiger partial charge on any atom is 0.238 e. The Labute approximate surface area is 104 Å². The quantitative estimate of drug-likeness (QED) is 0.840. The monoisotopic (exact) mass is 234 g/mol. The van der Waals surface area contributed by atoms with Crippen molar-refractivity contribution in [1.82, 2.24) is 5.32 Å². The first-order valence-corrected chi connectivity index (χ1v) is 6.04. The number of hydrogen-bond acceptors (Lipinski definition) is 2. The molecule has 0 bridgehead atoms. The molecule has 0 aliphatic carbocycles. The smallest absolute Gasteiger partial charge is 0.238 e. The van der Waals surface area contributed by atoms with Gasteiger partial charge in [-0.1, -0.05) is 39.8 Å². The lowest BCUT2D eigenvalue weighted by Gasteiger charge is -2.19. The summed E-state index contributed by atoms with van der Waals surface area (Å²) in [5.74, 6) is -0.00430. The van der Waals surface area contributed by atoms with Crippen molar-refractivity contribution in [2.24, 2.45) is 0 Å². The van der Waals surface area contributed by atoms with Gasteiger partial charge in [-0.05, 0) is 29.7 Å². The van der Waals surface area contributed by atoms with Gasteiger partial charge in [-0.25, -0.2) is 0 Å². The van der Waals surface area contributed by atoms with E-state index in [9.17, 15) is 4.79 Å². The Morgan fingerprint density at radius 2 is 1.76 bits per heavy atom. The van der Waals surface area contributed by atoms with Gasteiger partial charge in [0.1, 0.15) is 0 Å². The molecule has 3 heteroatoms. The molecule has 0 spiro atoms. The predicted molar refractivity (Wildman–Crippen MR) is 72.3 cm³/mol. The molecule has 0 heterocycles. The number of hydrogen-bond donors (Lipinski definition) is 2. The summed E-state index contributed by atoms with van der Waals surface area (Å²) >= 11 is 0. The number of carbonyl (C=O) groups excluding carboxylic acids is 1. The molecule has 0 fully saturated rings. The minimum absolute atomic E-state index is 0.00430. The predicted octanol–water partition coefficient (Wildman–Crippen LogP) is 2.53. The van der Waals surface area contributed by atoms with Crippen LogP contribution in [0.4, 0.5) is 5.69 Å². The average Bonchev–Trinajstić information content (AvgIpc) is 2.26. The molecule has 3 nitrogen and oxygen atoms in total. The van der Waals surface area contributed by atoms with E-state index in [1.807, 2.05) is 19.1 Å². The number of benzene rings is 1. The van der Waals surface area contributed by atoms with Crippen LogP contribution in [0.3, 0.4) is 0 Å². The Bertz CT molecular complexity index is 363. The number of anilines is 1. The maximum atomic E-state index is 11.5. The zero-order valence-corrected chi connectivity index (χ0v) is 11.1. The topological polar surface area (TPSA) is 41.1 Å². The minimum atomic E-state index is -0.00430. The molecular weight excluding hydrogens is 212 g/mol. The summed E-state index contributed by atoms with van der Waals surface area (Å²) in [6.45, 7) is 9.66. The van der Waals surface area contributed by atoms with Crippen molar-refractivity contribution < 1.29 is 4.79 Å². The Kier molecular flexibility index (Phi) is 4.70. The van der Waals surface area contributed by atoms with Gasteiger partial charge >= 0.3 is 0 Å². The van der Waals surface area contributed by atoms with Crippen LogP contribution in [-0.4, -0.2) is 19.0 Å². The van der Waals surface area contributed by atoms with Crippen LogP contribution in [0.1, 0.15) is 33.3 Å². The fourth-order valence-electron chi connectivity index (χ4n) is 1.50. The van der Waals surface area contributed by atoms with Crippen molar-refractivity contribution in [1.29, 1.82) is 0 Å². The standard InChI is InChI=1S/C14H22N2O/c1-5-15-10-13(17)16-12-8-6-11(7-9-12)14(2,3)4/h6-9,15H,5,10H2,1-4H3,(H,16,17). The Morgan fingerprint density at radius 3 is 2.24 bits per heavy atom. The van der Waals surface area contributed by atoms with E-state index in [-0.39, 0.29) is 11.3 Å². The first-order valence-electron chi connectivity index (χ1n) is 6.04. The molecule has 94 valence electrons. The summed E-state index contributed by atoms with van der Waals surface area (Å²) in [6.07, 6.45) is 0. The molecule has 0 atom stereocenters. The van der Waals surface area contributed by atoms with Crippen molar-refractivity contribution in [2.75, 3.05) is 18.4 Å². The first kappa shape index (κ1) is 13.7. The summed E-state index contributed by atoms with van der Waals surface area (Å²) in [7, 11) is 0. The summed E-state index contributed by atoms with van der Waals surface area (Å²) < 4.78 is 0. The van der Waals surface area contributed by atoms with Crippen molar-refractivity contribution in [2.45, 2.75) is 33.1 Å². The molecule has 17 heavy (non-hydrogen) atoms. The van der Waals surface area contributed by atoms with Gasteiger partial charge in [-0.3, -0.25) is 4.79 Å². The molecule has 2 N–H and O–H groups in total. The molecular formula is C14H22N2O. The lowest BCUT2D eigenvalue weighted by Crippen LogP contribution is -2.27. The number of carbonyl (C=O) groups is 1. The van der Waals surface area contributed by atoms with Crippen molar-refractivity contribution in [3.05, 3.63) is 29.8 Å². The first-order chi connectivity index (χ1) is 7.93. The van der Waals surface area contributed by atoms with Crippen molar-refractivity contribution in [3.63, 3.8) is 0 Å². The highest BCUT2D eigenvalue weighted by molar-refractivity contribution is 5.92. The molecule has 0 saturated heterocycles. The normalized spacial score (nSPS) is 11.3. The Morgan fingerprint density at radius 1 is 1.18 bits per heavy atom. The summed E-state index contributed by atoms with van der Waals surface area (Å²) in [4.78, 5) is 11.5. The molecule has 1 rings (SSSR count). The van der Waals surface area contributed by atoms with Gasteiger partial charge in [0.05, 0.1) is 6.54 Å². The van der Waals surface area contributed by atoms with Gasteiger partial charge in [0.15, 0.2) is 0 Å². The number of likely N-dealkylation sites (N-methyl/N-ethyl adjacent to an activating group) is 1. The number of rotatable bonds is 4. The van der Waals surface area contributed by atoms with E-state index < -0.39 is 0 Å². The van der Waals surface area contributed by atoms with Crippen molar-refractivity contribution in [3.8, 4) is 0 Å². The highest BCUT2D eigenvalue weighted by Crippen LogP contribution is 2.23. The van der Waals surface area contributed by atoms with E-state index >= 15 is 0 Å². The largest absolute Gasteiger partial charge is 0.325 e. The molecule has 1 aromatic rings. The summed E-state index contributed by atoms with van der Waals surface area (Å²) in [5, 5.41) is 5.85. The summed E-state index contributed by atoms with van der Waals surface area (Å²) in [6, 6.07) is 8.01. The Hall–Kier alpha value is -1.35. The molecule has 0 aliphatic heterocycles. The molecule has 0 aliphatic rings. The van der Waals surface area contributed by atoms with Gasteiger partial charge in [0.2, 0.25) is 5.91 Å². The SMILES string of the molecule is CCNCC(=O)Nc1ccc(C(C)(C)C)cc1. The average molecular weight is 234 g/mol. The third kappa shape index (κ3) is 4.57. The third-order valence-corrected chi connectivity index (χ3v) is 2.57. The fraction of sp³-hybridized carbons (Fsp3) is 0.500. The summed E-state index contributed by atoms with van der Waals surface area (Å²) in [5.41, 5.74) is 2.26. The van der Waals surface area contributed by atoms with Gasteiger partial charge in [-0.2, -0.15) is 0 Å². The van der Waals surface area contributed by atoms with E-state index in [0.29, 0.717) is 6.54 Å². The molecule has 0 radical (unpaired) electrons. The van der Waals surface area contributed by atoms with Crippen LogP contribution >= 0.6 is 0 Å². The van der Waals surface area contributed by atoms with E-state index in [4.69, 9.17) is 0 Å². The van der Waals surface area contributed by atoms with Gasteiger partial charge in [0.25, 0.3) is 0 Å². The van der Waals surface area contributed by atoms with E-state index in [1.165, 1.54) is 5.56 Å². The second-order valence-corrected chi connectivity index (χ2v) is 5.16. The van der Waals surface area contributed by atoms with Gasteiger partial charge in [-0.15, -0.1) is 0 Å². The van der Waals surface area contributed by atoms with Crippen LogP contribution in [0, 0.1) is 0 Å². The molecule has 1 aromatic carbocycles. The molecule has 1 amide bonds. The van der Waals surface area contributed by atoms with Crippen LogP contribution in [0.15, 0.2) is 24.3 Å². The van der Waals surface area contributed by atoms with Gasteiger partial charge in [0, 0.05) is 5.69 Å². The van der Waals surface area contributed by atoms with E-state index in [1.54, 1.807) is 0 Å². The maximum absolute atomic E-state index is 11.5. The zero-order valence-electron chi connectivity index (χ0n) is 11.1. The zero-order chi connectivity index (χ0) is 12.9. The second-order valence-electron chi connectivity index (χ2n) is 5.16. The lowest BCUT2D eigenvalue weighted by molar-refractivity contribution is -0.115. The van der Waals surface area contributed by atoms with Crippen LogP contribution in [0.2, 0.25) is 0 Å². The molecule has 0 unspecified atom stereocenters. The Balaban J connectivity index is 2.60. The fourth-order valence-corrected chi connectivity index (χ4v) is 1.50. The van der Waals surface area contributed by atoms with Gasteiger partial charge < -0.3 is 10.6 Å². The van der Waals surface area contributed by atoms with E-state index in [2.05, 4.69) is 43.5 Å². The van der Waals surface area contributed by atoms with Crippen LogP contribution < -0.4 is 10.6 Å². The van der Waals surface area contributed by atoms with Crippen molar-refractivity contribution >= 4 is 11.6 Å². The third-order valence-electron chi connectivity index (χ3n) is 2.57. The lowest BCUT2D eigenvalue weighted by atomic mass is 9.87. The van der Waals surface area contributed by atoms with Crippen LogP contribution in [-0.2, 0) is 10.2 Å². The molecule has 0 aromatic heterocycles. The second kappa shape index (κ2) is 5.82. The van der Waals surface area contributed by atoms with Crippen LogP contribution in [0.25, 0.3) is 0 Å². The van der Waals surface area contributed by atoms with Crippen LogP contribution in [0.5, 0.6) is 0 Å². The molecule has 0 saturated carbocycles. The van der Waals surface area contributed by atoms with E-state index in [0.717, 1.165) is 12.2 Å². The highest BCUT2D eigenvalue weighted by atomic mass is 16.1. The highest BCUT2D eigenvalue weighted by Gasteiger charge is 2.12. The number of nitrogens with one attached hydrogen (secondary N) is 2. The number of amides is 1.